The number of halogens is 1. The lowest BCUT2D eigenvalue weighted by molar-refractivity contribution is -0.144. The van der Waals surface area contributed by atoms with Crippen LogP contribution in [0.4, 0.5) is 4.39 Å². The average Bonchev–Trinajstić information content (AvgIpc) is 2.53. The maximum atomic E-state index is 13.6. The van der Waals surface area contributed by atoms with E-state index >= 15 is 0 Å². The molecule has 114 valence electrons. The predicted octanol–water partition coefficient (Wildman–Crippen LogP) is 2.68. The first-order valence-electron chi connectivity index (χ1n) is 7.26. The molecule has 0 unspecified atom stereocenters. The number of nitrogens with one attached hydrogen (secondary N) is 1. The van der Waals surface area contributed by atoms with E-state index in [9.17, 15) is 14.0 Å². The predicted molar refractivity (Wildman–Crippen MR) is 76.2 cm³/mol. The van der Waals surface area contributed by atoms with E-state index < -0.39 is 23.7 Å². The highest BCUT2D eigenvalue weighted by atomic mass is 19.1. The summed E-state index contributed by atoms with van der Waals surface area (Å²) in [4.78, 5) is 24.1. The van der Waals surface area contributed by atoms with Crippen molar-refractivity contribution < 1.29 is 18.7 Å². The SMILES string of the molecule is COC(=O)[C@@H](NC(=O)c1ccccc1F)C1CCCCC1. The fraction of sp³-hybridized carbons (Fsp3) is 0.500. The first kappa shape index (κ1) is 15.5. The van der Waals surface area contributed by atoms with Crippen LogP contribution in [-0.2, 0) is 9.53 Å². The molecule has 21 heavy (non-hydrogen) atoms. The first-order valence-corrected chi connectivity index (χ1v) is 7.26. The minimum atomic E-state index is -0.706. The molecule has 0 radical (unpaired) electrons. The van der Waals surface area contributed by atoms with Crippen LogP contribution in [0.1, 0.15) is 42.5 Å². The number of benzene rings is 1. The van der Waals surface area contributed by atoms with E-state index in [1.807, 2.05) is 0 Å². The Kier molecular flexibility index (Phi) is 5.31. The molecule has 1 amide bonds. The van der Waals surface area contributed by atoms with Crippen LogP contribution in [0.2, 0.25) is 0 Å². The Hall–Kier alpha value is -1.91. The first-order chi connectivity index (χ1) is 10.1. The zero-order valence-corrected chi connectivity index (χ0v) is 12.1. The van der Waals surface area contributed by atoms with Crippen molar-refractivity contribution >= 4 is 11.9 Å². The van der Waals surface area contributed by atoms with E-state index in [1.54, 1.807) is 6.07 Å². The fourth-order valence-corrected chi connectivity index (χ4v) is 2.83. The number of methoxy groups -OCH3 is 1. The molecule has 1 saturated carbocycles. The molecule has 0 spiro atoms. The highest BCUT2D eigenvalue weighted by Gasteiger charge is 2.32. The Balaban J connectivity index is 2.13. The van der Waals surface area contributed by atoms with Crippen molar-refractivity contribution in [1.29, 1.82) is 0 Å². The maximum absolute atomic E-state index is 13.6. The third kappa shape index (κ3) is 3.80. The lowest BCUT2D eigenvalue weighted by Crippen LogP contribution is -2.47. The summed E-state index contributed by atoms with van der Waals surface area (Å²) in [6.45, 7) is 0. The lowest BCUT2D eigenvalue weighted by Gasteiger charge is -2.29. The molecule has 1 fully saturated rings. The summed E-state index contributed by atoms with van der Waals surface area (Å²) in [5, 5.41) is 2.64. The monoisotopic (exact) mass is 293 g/mol. The molecule has 2 rings (SSSR count). The van der Waals surface area contributed by atoms with Gasteiger partial charge in [0.15, 0.2) is 0 Å². The van der Waals surface area contributed by atoms with Gasteiger partial charge >= 0.3 is 5.97 Å². The third-order valence-electron chi connectivity index (χ3n) is 3.98. The van der Waals surface area contributed by atoms with E-state index in [4.69, 9.17) is 4.74 Å². The normalized spacial score (nSPS) is 17.0. The van der Waals surface area contributed by atoms with Crippen LogP contribution < -0.4 is 5.32 Å². The molecule has 0 heterocycles. The highest BCUT2D eigenvalue weighted by molar-refractivity contribution is 5.97. The topological polar surface area (TPSA) is 55.4 Å². The minimum Gasteiger partial charge on any atom is -0.467 e. The average molecular weight is 293 g/mol. The standard InChI is InChI=1S/C16H20FNO3/c1-21-16(20)14(11-7-3-2-4-8-11)18-15(19)12-9-5-6-10-13(12)17/h5-6,9-11,14H,2-4,7-8H2,1H3,(H,18,19)/t14-/m0/s1. The van der Waals surface area contributed by atoms with E-state index in [0.29, 0.717) is 0 Å². The second-order valence-corrected chi connectivity index (χ2v) is 5.35. The van der Waals surface area contributed by atoms with Gasteiger partial charge in [-0.15, -0.1) is 0 Å². The summed E-state index contributed by atoms with van der Waals surface area (Å²) in [5.41, 5.74) is -0.0535. The summed E-state index contributed by atoms with van der Waals surface area (Å²) in [5.74, 6) is -1.58. The molecule has 1 aliphatic rings. The number of rotatable bonds is 4. The van der Waals surface area contributed by atoms with Crippen molar-refractivity contribution in [2.24, 2.45) is 5.92 Å². The zero-order chi connectivity index (χ0) is 15.2. The van der Waals surface area contributed by atoms with Crippen molar-refractivity contribution in [3.63, 3.8) is 0 Å². The van der Waals surface area contributed by atoms with E-state index in [-0.39, 0.29) is 11.5 Å². The summed E-state index contributed by atoms with van der Waals surface area (Å²) in [6, 6.07) is 5.03. The number of ether oxygens (including phenoxy) is 1. The molecular formula is C16H20FNO3. The molecule has 1 aliphatic carbocycles. The Morgan fingerprint density at radius 1 is 1.24 bits per heavy atom. The molecule has 0 aliphatic heterocycles. The van der Waals surface area contributed by atoms with Gasteiger partial charge in [-0.1, -0.05) is 31.4 Å². The second kappa shape index (κ2) is 7.20. The smallest absolute Gasteiger partial charge is 0.328 e. The molecule has 0 saturated heterocycles. The second-order valence-electron chi connectivity index (χ2n) is 5.35. The number of esters is 1. The van der Waals surface area contributed by atoms with Crippen LogP contribution in [0.5, 0.6) is 0 Å². The van der Waals surface area contributed by atoms with Gasteiger partial charge in [-0.05, 0) is 30.9 Å². The van der Waals surface area contributed by atoms with Gasteiger partial charge in [-0.25, -0.2) is 9.18 Å². The van der Waals surface area contributed by atoms with Crippen LogP contribution in [0.3, 0.4) is 0 Å². The fourth-order valence-electron chi connectivity index (χ4n) is 2.83. The lowest BCUT2D eigenvalue weighted by atomic mass is 9.83. The molecule has 1 atom stereocenters. The van der Waals surface area contributed by atoms with Crippen molar-refractivity contribution in [3.05, 3.63) is 35.6 Å². The van der Waals surface area contributed by atoms with Crippen molar-refractivity contribution in [2.45, 2.75) is 38.1 Å². The third-order valence-corrected chi connectivity index (χ3v) is 3.98. The number of amides is 1. The summed E-state index contributed by atoms with van der Waals surface area (Å²) in [7, 11) is 1.30. The number of carbonyl (C=O) groups is 2. The van der Waals surface area contributed by atoms with E-state index in [1.165, 1.54) is 25.3 Å². The van der Waals surface area contributed by atoms with Crippen LogP contribution in [0.15, 0.2) is 24.3 Å². The van der Waals surface area contributed by atoms with Gasteiger partial charge in [0.1, 0.15) is 11.9 Å². The van der Waals surface area contributed by atoms with Crippen molar-refractivity contribution in [1.82, 2.24) is 5.32 Å². The Morgan fingerprint density at radius 3 is 2.52 bits per heavy atom. The molecule has 1 aromatic carbocycles. The molecule has 4 nitrogen and oxygen atoms in total. The van der Waals surface area contributed by atoms with Gasteiger partial charge in [-0.2, -0.15) is 0 Å². The molecule has 5 heteroatoms. The van der Waals surface area contributed by atoms with Crippen LogP contribution in [0, 0.1) is 11.7 Å². The minimum absolute atomic E-state index is 0.0535. The van der Waals surface area contributed by atoms with E-state index in [2.05, 4.69) is 5.32 Å². The van der Waals surface area contributed by atoms with Gasteiger partial charge in [0.2, 0.25) is 0 Å². The molecule has 1 N–H and O–H groups in total. The maximum Gasteiger partial charge on any atom is 0.328 e. The Bertz CT molecular complexity index is 512. The summed E-state index contributed by atoms with van der Waals surface area (Å²) in [6.07, 6.45) is 4.96. The van der Waals surface area contributed by atoms with Crippen molar-refractivity contribution in [2.75, 3.05) is 7.11 Å². The van der Waals surface area contributed by atoms with E-state index in [0.717, 1.165) is 32.1 Å². The van der Waals surface area contributed by atoms with Gasteiger partial charge in [0.25, 0.3) is 5.91 Å². The largest absolute Gasteiger partial charge is 0.467 e. The van der Waals surface area contributed by atoms with Crippen LogP contribution in [0.25, 0.3) is 0 Å². The number of hydrogen-bond donors (Lipinski definition) is 1. The molecular weight excluding hydrogens is 273 g/mol. The molecule has 0 bridgehead atoms. The number of hydrogen-bond acceptors (Lipinski definition) is 3. The molecule has 0 aromatic heterocycles. The number of carbonyl (C=O) groups excluding carboxylic acids is 2. The van der Waals surface area contributed by atoms with Crippen molar-refractivity contribution in [3.8, 4) is 0 Å². The van der Waals surface area contributed by atoms with Gasteiger partial charge in [0, 0.05) is 0 Å². The van der Waals surface area contributed by atoms with Gasteiger partial charge in [-0.3, -0.25) is 4.79 Å². The molecule has 1 aromatic rings. The summed E-state index contributed by atoms with van der Waals surface area (Å²) >= 11 is 0. The zero-order valence-electron chi connectivity index (χ0n) is 12.1. The van der Waals surface area contributed by atoms with Crippen LogP contribution in [-0.4, -0.2) is 25.0 Å². The van der Waals surface area contributed by atoms with Gasteiger partial charge in [0.05, 0.1) is 12.7 Å². The Morgan fingerprint density at radius 2 is 1.90 bits per heavy atom. The quantitative estimate of drug-likeness (QED) is 0.868. The summed E-state index contributed by atoms with van der Waals surface area (Å²) < 4.78 is 18.4. The van der Waals surface area contributed by atoms with Gasteiger partial charge < -0.3 is 10.1 Å². The van der Waals surface area contributed by atoms with Crippen LogP contribution >= 0.6 is 0 Å². The highest BCUT2D eigenvalue weighted by Crippen LogP contribution is 2.27. The Labute approximate surface area is 123 Å².